The number of rotatable bonds is 6. The maximum Gasteiger partial charge on any atom is 0.242 e. The molecule has 188 valence electrons. The molecule has 2 aliphatic rings. The predicted octanol–water partition coefficient (Wildman–Crippen LogP) is 1.68. The van der Waals surface area contributed by atoms with Gasteiger partial charge in [-0.3, -0.25) is 4.98 Å². The summed E-state index contributed by atoms with van der Waals surface area (Å²) in [5.41, 5.74) is 4.02. The predicted molar refractivity (Wildman–Crippen MR) is 138 cm³/mol. The molecule has 0 unspecified atom stereocenters. The minimum absolute atomic E-state index is 0. The molecule has 12 heteroatoms. The number of nitrogens with zero attached hydrogens (tertiary/aromatic N) is 5. The number of hydrogen-bond donors (Lipinski definition) is 0. The van der Waals surface area contributed by atoms with E-state index in [4.69, 9.17) is 19.2 Å². The van der Waals surface area contributed by atoms with E-state index in [-0.39, 0.29) is 26.6 Å². The third-order valence-electron chi connectivity index (χ3n) is 5.94. The van der Waals surface area contributed by atoms with Crippen molar-refractivity contribution in [1.82, 2.24) is 19.3 Å². The lowest BCUT2D eigenvalue weighted by Crippen LogP contribution is -2.47. The van der Waals surface area contributed by atoms with Gasteiger partial charge in [0.25, 0.3) is 0 Å². The number of hydrogen-bond acceptors (Lipinski definition) is 9. The molecule has 0 saturated carbocycles. The Bertz CT molecular complexity index is 1250. The normalized spacial score (nSPS) is 19.3. The van der Waals surface area contributed by atoms with Crippen LogP contribution in [0.3, 0.4) is 0 Å². The highest BCUT2D eigenvalue weighted by atomic mass is 32.2. The molecule has 0 spiro atoms. The van der Waals surface area contributed by atoms with Crippen molar-refractivity contribution in [1.29, 1.82) is 0 Å². The Morgan fingerprint density at radius 3 is 2.54 bits per heavy atom. The van der Waals surface area contributed by atoms with Gasteiger partial charge < -0.3 is 19.1 Å². The van der Waals surface area contributed by atoms with Crippen LogP contribution in [0.2, 0.25) is 0 Å². The SMILES string of the molecule is CS(=O)(=O)N1CCO[C@H](COc2nc(-c3ccc(N4CCOCC4)cc3)cc3nccnc23)C1.S. The van der Waals surface area contributed by atoms with Gasteiger partial charge >= 0.3 is 0 Å². The molecule has 0 bridgehead atoms. The molecule has 35 heavy (non-hydrogen) atoms. The molecule has 3 aromatic rings. The average Bonchev–Trinajstić information content (AvgIpc) is 2.87. The molecular formula is C23H29N5O5S2. The third kappa shape index (κ3) is 6.01. The van der Waals surface area contributed by atoms with Gasteiger partial charge in [0, 0.05) is 49.8 Å². The molecule has 2 saturated heterocycles. The fourth-order valence-corrected chi connectivity index (χ4v) is 4.97. The van der Waals surface area contributed by atoms with E-state index in [2.05, 4.69) is 27.0 Å². The van der Waals surface area contributed by atoms with E-state index in [1.165, 1.54) is 10.6 Å². The van der Waals surface area contributed by atoms with Gasteiger partial charge in [-0.15, -0.1) is 0 Å². The van der Waals surface area contributed by atoms with E-state index in [1.807, 2.05) is 18.2 Å². The minimum atomic E-state index is -3.28. The average molecular weight is 520 g/mol. The number of benzene rings is 1. The molecule has 2 fully saturated rings. The van der Waals surface area contributed by atoms with Gasteiger partial charge in [-0.1, -0.05) is 12.1 Å². The Hall–Kier alpha value is -2.51. The monoisotopic (exact) mass is 519 g/mol. The quantitative estimate of drug-likeness (QED) is 0.481. The van der Waals surface area contributed by atoms with Gasteiger partial charge in [0.05, 0.1) is 37.3 Å². The molecule has 5 rings (SSSR count). The van der Waals surface area contributed by atoms with Crippen LogP contribution in [0.1, 0.15) is 0 Å². The Morgan fingerprint density at radius 2 is 1.80 bits per heavy atom. The molecule has 0 amide bonds. The van der Waals surface area contributed by atoms with Crippen molar-refractivity contribution in [2.75, 3.05) is 63.8 Å². The summed E-state index contributed by atoms with van der Waals surface area (Å²) in [6.45, 7) is 4.29. The fraction of sp³-hybridized carbons (Fsp3) is 0.435. The standard InChI is InChI=1S/C23H27N5O5S.H2S/c1-34(29,30)28-10-13-32-19(15-28)16-33-23-22-21(24-6-7-25-22)14-20(26-23)17-2-4-18(5-3-17)27-8-11-31-12-9-27;/h2-7,14,19H,8-13,15-16H2,1H3;1H2/t19-;/m0./s1. The van der Waals surface area contributed by atoms with Crippen molar-refractivity contribution in [3.8, 4) is 17.1 Å². The smallest absolute Gasteiger partial charge is 0.242 e. The van der Waals surface area contributed by atoms with Crippen LogP contribution in [0.5, 0.6) is 5.88 Å². The summed E-state index contributed by atoms with van der Waals surface area (Å²) in [7, 11) is -3.28. The molecule has 0 aliphatic carbocycles. The van der Waals surface area contributed by atoms with Gasteiger partial charge in [-0.25, -0.2) is 18.4 Å². The number of aromatic nitrogens is 3. The summed E-state index contributed by atoms with van der Waals surface area (Å²) in [6, 6.07) is 10.1. The van der Waals surface area contributed by atoms with Gasteiger partial charge in [-0.2, -0.15) is 17.8 Å². The highest BCUT2D eigenvalue weighted by Crippen LogP contribution is 2.29. The largest absolute Gasteiger partial charge is 0.473 e. The van der Waals surface area contributed by atoms with Gasteiger partial charge in [-0.05, 0) is 18.2 Å². The second-order valence-electron chi connectivity index (χ2n) is 8.31. The number of morpholine rings is 2. The van der Waals surface area contributed by atoms with Crippen molar-refractivity contribution in [3.05, 3.63) is 42.7 Å². The highest BCUT2D eigenvalue weighted by Gasteiger charge is 2.27. The van der Waals surface area contributed by atoms with Crippen molar-refractivity contribution < 1.29 is 22.6 Å². The summed E-state index contributed by atoms with van der Waals surface area (Å²) >= 11 is 0. The second kappa shape index (κ2) is 11.0. The Kier molecular flexibility index (Phi) is 8.07. The third-order valence-corrected chi connectivity index (χ3v) is 7.21. The molecule has 1 atom stereocenters. The molecule has 2 aliphatic heterocycles. The lowest BCUT2D eigenvalue weighted by atomic mass is 10.1. The van der Waals surface area contributed by atoms with E-state index in [0.29, 0.717) is 30.1 Å². The maximum atomic E-state index is 11.9. The molecule has 10 nitrogen and oxygen atoms in total. The summed E-state index contributed by atoms with van der Waals surface area (Å²) < 4.78 is 42.4. The van der Waals surface area contributed by atoms with Crippen molar-refractivity contribution >= 4 is 40.2 Å². The number of ether oxygens (including phenoxy) is 3. The zero-order chi connectivity index (χ0) is 23.5. The van der Waals surface area contributed by atoms with E-state index < -0.39 is 16.1 Å². The molecule has 1 aromatic carbocycles. The van der Waals surface area contributed by atoms with Crippen molar-refractivity contribution in [2.24, 2.45) is 0 Å². The summed E-state index contributed by atoms with van der Waals surface area (Å²) in [5, 5.41) is 0. The zero-order valence-electron chi connectivity index (χ0n) is 19.5. The topological polar surface area (TPSA) is 107 Å². The number of pyridine rings is 1. The lowest BCUT2D eigenvalue weighted by molar-refractivity contribution is -0.0252. The van der Waals surface area contributed by atoms with Crippen molar-refractivity contribution in [2.45, 2.75) is 6.10 Å². The number of sulfonamides is 1. The van der Waals surface area contributed by atoms with Gasteiger partial charge in [0.1, 0.15) is 12.7 Å². The first-order valence-corrected chi connectivity index (χ1v) is 13.1. The first kappa shape index (κ1) is 25.6. The van der Waals surface area contributed by atoms with Gasteiger partial charge in [0.2, 0.25) is 15.9 Å². The molecule has 0 radical (unpaired) electrons. The second-order valence-corrected chi connectivity index (χ2v) is 10.3. The van der Waals surface area contributed by atoms with Crippen molar-refractivity contribution in [3.63, 3.8) is 0 Å². The Labute approximate surface area is 211 Å². The zero-order valence-corrected chi connectivity index (χ0v) is 21.3. The summed E-state index contributed by atoms with van der Waals surface area (Å²) in [5.74, 6) is 0.345. The summed E-state index contributed by atoms with van der Waals surface area (Å²) in [6.07, 6.45) is 4.03. The van der Waals surface area contributed by atoms with Crippen LogP contribution in [0.15, 0.2) is 42.7 Å². The van der Waals surface area contributed by atoms with Crippen LogP contribution in [0.25, 0.3) is 22.3 Å². The number of anilines is 1. The minimum Gasteiger partial charge on any atom is -0.473 e. The number of fused-ring (bicyclic) bond motifs is 1. The van der Waals surface area contributed by atoms with Crippen LogP contribution in [-0.2, 0) is 19.5 Å². The van der Waals surface area contributed by atoms with Crippen LogP contribution in [-0.4, -0.2) is 92.6 Å². The van der Waals surface area contributed by atoms with E-state index in [9.17, 15) is 8.42 Å². The Balaban J connectivity index is 0.00000289. The highest BCUT2D eigenvalue weighted by molar-refractivity contribution is 7.88. The maximum absolute atomic E-state index is 11.9. The van der Waals surface area contributed by atoms with Crippen LogP contribution in [0, 0.1) is 0 Å². The van der Waals surface area contributed by atoms with Gasteiger partial charge in [0.15, 0.2) is 5.52 Å². The van der Waals surface area contributed by atoms with E-state index in [1.54, 1.807) is 12.4 Å². The molecule has 0 N–H and O–H groups in total. The molecular weight excluding hydrogens is 490 g/mol. The van der Waals surface area contributed by atoms with Crippen LogP contribution in [0.4, 0.5) is 5.69 Å². The van der Waals surface area contributed by atoms with E-state index in [0.717, 1.165) is 43.2 Å². The first-order valence-electron chi connectivity index (χ1n) is 11.2. The Morgan fingerprint density at radius 1 is 1.06 bits per heavy atom. The molecule has 2 aromatic heterocycles. The lowest BCUT2D eigenvalue weighted by Gasteiger charge is -2.30. The fourth-order valence-electron chi connectivity index (χ4n) is 4.12. The first-order chi connectivity index (χ1) is 16.5. The molecule has 4 heterocycles. The van der Waals surface area contributed by atoms with Crippen LogP contribution < -0.4 is 9.64 Å². The summed E-state index contributed by atoms with van der Waals surface area (Å²) in [4.78, 5) is 15.8. The van der Waals surface area contributed by atoms with Crippen LogP contribution >= 0.6 is 13.5 Å². The van der Waals surface area contributed by atoms with E-state index >= 15 is 0 Å².